The highest BCUT2D eigenvalue weighted by atomic mass is 79.9. The zero-order chi connectivity index (χ0) is 11.5. The number of hydrogen-bond donors (Lipinski definition) is 2. The van der Waals surface area contributed by atoms with Crippen molar-refractivity contribution < 1.29 is 4.79 Å². The van der Waals surface area contributed by atoms with Crippen LogP contribution >= 0.6 is 15.9 Å². The first-order chi connectivity index (χ1) is 7.66. The average molecular weight is 280 g/mol. The maximum Gasteiger partial charge on any atom is 0.273 e. The summed E-state index contributed by atoms with van der Waals surface area (Å²) in [6, 6.07) is 7.43. The number of hydrogen-bond acceptors (Lipinski definition) is 2. The van der Waals surface area contributed by atoms with Crippen molar-refractivity contribution in [3.05, 3.63) is 46.2 Å². The molecule has 2 aromatic rings. The zero-order valence-corrected chi connectivity index (χ0v) is 10.2. The molecule has 0 unspecified atom stereocenters. The number of halogens is 1. The van der Waals surface area contributed by atoms with Crippen LogP contribution < -0.4 is 5.32 Å². The molecule has 82 valence electrons. The summed E-state index contributed by atoms with van der Waals surface area (Å²) < 4.78 is 0.923. The summed E-state index contributed by atoms with van der Waals surface area (Å²) in [5.74, 6) is -0.187. The number of benzene rings is 1. The third-order valence-corrected chi connectivity index (χ3v) is 2.63. The lowest BCUT2D eigenvalue weighted by Gasteiger charge is -2.04. The number of rotatable bonds is 2. The number of aromatic amines is 1. The van der Waals surface area contributed by atoms with Crippen LogP contribution in [0, 0.1) is 6.92 Å². The molecule has 0 atom stereocenters. The molecule has 1 amide bonds. The van der Waals surface area contributed by atoms with Crippen molar-refractivity contribution in [2.24, 2.45) is 0 Å². The molecular weight excluding hydrogens is 270 g/mol. The van der Waals surface area contributed by atoms with Gasteiger partial charge in [0, 0.05) is 10.2 Å². The van der Waals surface area contributed by atoms with E-state index >= 15 is 0 Å². The first-order valence-corrected chi connectivity index (χ1v) is 5.53. The molecule has 1 aromatic carbocycles. The molecule has 0 saturated carbocycles. The van der Waals surface area contributed by atoms with Gasteiger partial charge in [-0.3, -0.25) is 9.89 Å². The van der Waals surface area contributed by atoms with Crippen molar-refractivity contribution in [1.82, 2.24) is 10.2 Å². The molecule has 0 saturated heterocycles. The van der Waals surface area contributed by atoms with E-state index in [9.17, 15) is 4.79 Å². The summed E-state index contributed by atoms with van der Waals surface area (Å²) in [5, 5.41) is 9.26. The molecular formula is C11H10BrN3O. The summed E-state index contributed by atoms with van der Waals surface area (Å²) in [5.41, 5.74) is 2.06. The number of carbonyl (C=O) groups excluding carboxylic acids is 1. The Morgan fingerprint density at radius 3 is 2.94 bits per heavy atom. The Balaban J connectivity index is 2.17. The number of aromatic nitrogens is 2. The van der Waals surface area contributed by atoms with E-state index in [1.807, 2.05) is 31.2 Å². The van der Waals surface area contributed by atoms with E-state index in [4.69, 9.17) is 0 Å². The summed E-state index contributed by atoms with van der Waals surface area (Å²) in [7, 11) is 0. The first-order valence-electron chi connectivity index (χ1n) is 4.73. The van der Waals surface area contributed by atoms with E-state index in [0.29, 0.717) is 5.69 Å². The topological polar surface area (TPSA) is 57.8 Å². The molecule has 0 spiro atoms. The first kappa shape index (κ1) is 10.9. The molecule has 0 aliphatic heterocycles. The molecule has 0 aliphatic carbocycles. The summed E-state index contributed by atoms with van der Waals surface area (Å²) in [6.45, 7) is 1.83. The van der Waals surface area contributed by atoms with Gasteiger partial charge in [0.1, 0.15) is 5.69 Å². The Hall–Kier alpha value is -1.62. The van der Waals surface area contributed by atoms with Gasteiger partial charge in [0.25, 0.3) is 5.91 Å². The molecule has 5 heteroatoms. The predicted octanol–water partition coefficient (Wildman–Crippen LogP) is 2.73. The van der Waals surface area contributed by atoms with E-state index in [0.717, 1.165) is 15.7 Å². The normalized spacial score (nSPS) is 10.1. The van der Waals surface area contributed by atoms with Gasteiger partial charge < -0.3 is 5.32 Å². The fourth-order valence-corrected chi connectivity index (χ4v) is 1.74. The lowest BCUT2D eigenvalue weighted by atomic mass is 10.2. The van der Waals surface area contributed by atoms with Gasteiger partial charge in [0.2, 0.25) is 0 Å². The smallest absolute Gasteiger partial charge is 0.273 e. The fraction of sp³-hybridized carbons (Fsp3) is 0.0909. The molecule has 2 N–H and O–H groups in total. The van der Waals surface area contributed by atoms with Crippen LogP contribution in [0.5, 0.6) is 0 Å². The summed E-state index contributed by atoms with van der Waals surface area (Å²) >= 11 is 3.34. The van der Waals surface area contributed by atoms with E-state index < -0.39 is 0 Å². The number of amides is 1. The minimum atomic E-state index is -0.187. The molecule has 0 bridgehead atoms. The number of nitrogens with one attached hydrogen (secondary N) is 2. The Bertz CT molecular complexity index is 521. The maximum absolute atomic E-state index is 11.8. The van der Waals surface area contributed by atoms with E-state index in [2.05, 4.69) is 31.4 Å². The second kappa shape index (κ2) is 4.49. The van der Waals surface area contributed by atoms with E-state index in [1.54, 1.807) is 6.20 Å². The summed E-state index contributed by atoms with van der Waals surface area (Å²) in [6.07, 6.45) is 1.62. The van der Waals surface area contributed by atoms with Crippen LogP contribution in [0.25, 0.3) is 0 Å². The number of aryl methyl sites for hydroxylation is 1. The third kappa shape index (κ3) is 2.30. The van der Waals surface area contributed by atoms with Crippen molar-refractivity contribution in [2.45, 2.75) is 6.92 Å². The molecule has 1 aromatic heterocycles. The lowest BCUT2D eigenvalue weighted by molar-refractivity contribution is 0.102. The van der Waals surface area contributed by atoms with Crippen molar-refractivity contribution in [1.29, 1.82) is 0 Å². The van der Waals surface area contributed by atoms with Crippen LogP contribution in [0.1, 0.15) is 16.1 Å². The van der Waals surface area contributed by atoms with Crippen molar-refractivity contribution in [2.75, 3.05) is 5.32 Å². The average Bonchev–Trinajstić information content (AvgIpc) is 2.64. The van der Waals surface area contributed by atoms with Crippen molar-refractivity contribution >= 4 is 27.5 Å². The molecule has 0 aliphatic rings. The van der Waals surface area contributed by atoms with Gasteiger partial charge >= 0.3 is 0 Å². The third-order valence-electron chi connectivity index (χ3n) is 2.14. The van der Waals surface area contributed by atoms with Gasteiger partial charge in [-0.2, -0.15) is 5.10 Å². The van der Waals surface area contributed by atoms with E-state index in [1.165, 1.54) is 0 Å². The van der Waals surface area contributed by atoms with Gasteiger partial charge in [0.15, 0.2) is 0 Å². The zero-order valence-electron chi connectivity index (χ0n) is 8.62. The van der Waals surface area contributed by atoms with Gasteiger partial charge in [-0.05, 0) is 30.7 Å². The van der Waals surface area contributed by atoms with Crippen LogP contribution in [-0.4, -0.2) is 16.1 Å². The number of anilines is 1. The number of nitrogens with zero attached hydrogens (tertiary/aromatic N) is 1. The van der Waals surface area contributed by atoms with Crippen LogP contribution in [0.2, 0.25) is 0 Å². The van der Waals surface area contributed by atoms with Crippen molar-refractivity contribution in [3.8, 4) is 0 Å². The fourth-order valence-electron chi connectivity index (χ4n) is 1.34. The largest absolute Gasteiger partial charge is 0.321 e. The minimum Gasteiger partial charge on any atom is -0.321 e. The highest BCUT2D eigenvalue weighted by molar-refractivity contribution is 9.10. The Kier molecular flexibility index (Phi) is 3.05. The SMILES string of the molecule is Cc1cn[nH]c1C(=O)Nc1cccc(Br)c1. The van der Waals surface area contributed by atoms with Gasteiger partial charge in [-0.15, -0.1) is 0 Å². The Morgan fingerprint density at radius 1 is 1.50 bits per heavy atom. The standard InChI is InChI=1S/C11H10BrN3O/c1-7-6-13-15-10(7)11(16)14-9-4-2-3-8(12)5-9/h2-6H,1H3,(H,13,15)(H,14,16). The molecule has 16 heavy (non-hydrogen) atoms. The summed E-state index contributed by atoms with van der Waals surface area (Å²) in [4.78, 5) is 11.8. The van der Waals surface area contributed by atoms with Crippen molar-refractivity contribution in [3.63, 3.8) is 0 Å². The number of carbonyl (C=O) groups is 1. The molecule has 0 radical (unpaired) electrons. The molecule has 1 heterocycles. The lowest BCUT2D eigenvalue weighted by Crippen LogP contribution is -2.13. The Labute approximate surface area is 101 Å². The van der Waals surface area contributed by atoms with Crippen LogP contribution in [0.15, 0.2) is 34.9 Å². The van der Waals surface area contributed by atoms with E-state index in [-0.39, 0.29) is 5.91 Å². The molecule has 4 nitrogen and oxygen atoms in total. The van der Waals surface area contributed by atoms with Crippen LogP contribution in [-0.2, 0) is 0 Å². The maximum atomic E-state index is 11.8. The number of H-pyrrole nitrogens is 1. The van der Waals surface area contributed by atoms with Gasteiger partial charge in [-0.1, -0.05) is 22.0 Å². The van der Waals surface area contributed by atoms with Gasteiger partial charge in [0.05, 0.1) is 6.20 Å². The molecule has 2 rings (SSSR count). The second-order valence-electron chi connectivity index (χ2n) is 3.39. The minimum absolute atomic E-state index is 0.187. The van der Waals surface area contributed by atoms with Crippen LogP contribution in [0.4, 0.5) is 5.69 Å². The Morgan fingerprint density at radius 2 is 2.31 bits per heavy atom. The monoisotopic (exact) mass is 279 g/mol. The highest BCUT2D eigenvalue weighted by Gasteiger charge is 2.10. The van der Waals surface area contributed by atoms with Crippen LogP contribution in [0.3, 0.4) is 0 Å². The second-order valence-corrected chi connectivity index (χ2v) is 4.31. The molecule has 0 fully saturated rings. The quantitative estimate of drug-likeness (QED) is 0.888. The van der Waals surface area contributed by atoms with Gasteiger partial charge in [-0.25, -0.2) is 0 Å². The predicted molar refractivity (Wildman–Crippen MR) is 65.4 cm³/mol. The highest BCUT2D eigenvalue weighted by Crippen LogP contribution is 2.16.